The molecule has 0 spiro atoms. The van der Waals surface area contributed by atoms with Gasteiger partial charge in [-0.1, -0.05) is 40.2 Å². The maximum atomic E-state index is 12.5. The zero-order chi connectivity index (χ0) is 15.0. The summed E-state index contributed by atoms with van der Waals surface area (Å²) in [5, 5.41) is 2.80. The van der Waals surface area contributed by atoms with Crippen LogP contribution in [0.3, 0.4) is 0 Å². The van der Waals surface area contributed by atoms with Crippen molar-refractivity contribution in [3.8, 4) is 0 Å². The molecule has 1 aliphatic heterocycles. The van der Waals surface area contributed by atoms with Crippen molar-refractivity contribution >= 4 is 27.6 Å². The van der Waals surface area contributed by atoms with Crippen molar-refractivity contribution in [2.24, 2.45) is 0 Å². The molecule has 1 N–H and O–H groups in total. The van der Waals surface area contributed by atoms with Gasteiger partial charge in [0.1, 0.15) is 0 Å². The summed E-state index contributed by atoms with van der Waals surface area (Å²) >= 11 is 3.44. The fourth-order valence-electron chi connectivity index (χ4n) is 2.45. The van der Waals surface area contributed by atoms with E-state index in [4.69, 9.17) is 0 Å². The first-order valence-electron chi connectivity index (χ1n) is 6.78. The van der Waals surface area contributed by atoms with Gasteiger partial charge in [-0.15, -0.1) is 0 Å². The molecule has 3 rings (SSSR count). The van der Waals surface area contributed by atoms with Crippen molar-refractivity contribution < 1.29 is 9.59 Å². The molecule has 0 radical (unpaired) electrons. The van der Waals surface area contributed by atoms with E-state index in [1.807, 2.05) is 31.2 Å². The number of rotatable bonds is 2. The van der Waals surface area contributed by atoms with Crippen molar-refractivity contribution in [3.05, 3.63) is 68.7 Å². The van der Waals surface area contributed by atoms with Crippen LogP contribution in [-0.2, 0) is 6.42 Å². The second-order valence-electron chi connectivity index (χ2n) is 5.17. The number of carbonyl (C=O) groups is 2. The molecule has 0 saturated heterocycles. The number of hydrogen-bond donors (Lipinski definition) is 1. The molecule has 0 aliphatic carbocycles. The number of hydrogen-bond acceptors (Lipinski definition) is 2. The lowest BCUT2D eigenvalue weighted by atomic mass is 9.94. The van der Waals surface area contributed by atoms with Crippen LogP contribution in [0, 0.1) is 6.92 Å². The molecule has 3 nitrogen and oxygen atoms in total. The molecule has 0 atom stereocenters. The highest BCUT2D eigenvalue weighted by Crippen LogP contribution is 2.22. The third-order valence-corrected chi connectivity index (χ3v) is 4.58. The van der Waals surface area contributed by atoms with E-state index in [1.165, 1.54) is 0 Å². The average molecular weight is 344 g/mol. The highest BCUT2D eigenvalue weighted by molar-refractivity contribution is 9.10. The lowest BCUT2D eigenvalue weighted by molar-refractivity contribution is 0.0946. The largest absolute Gasteiger partial charge is 0.352 e. The normalized spacial score (nSPS) is 13.5. The quantitative estimate of drug-likeness (QED) is 0.850. The van der Waals surface area contributed by atoms with Crippen molar-refractivity contribution in [2.75, 3.05) is 6.54 Å². The van der Waals surface area contributed by atoms with Gasteiger partial charge in [0.25, 0.3) is 5.91 Å². The van der Waals surface area contributed by atoms with Gasteiger partial charge < -0.3 is 5.32 Å². The summed E-state index contributed by atoms with van der Waals surface area (Å²) in [7, 11) is 0. The van der Waals surface area contributed by atoms with Crippen LogP contribution in [0.4, 0.5) is 0 Å². The van der Waals surface area contributed by atoms with Crippen molar-refractivity contribution in [3.63, 3.8) is 0 Å². The molecule has 2 aromatic rings. The Labute approximate surface area is 131 Å². The molecule has 1 amide bonds. The monoisotopic (exact) mass is 343 g/mol. The maximum absolute atomic E-state index is 12.5. The number of nitrogens with one attached hydrogen (secondary N) is 1. The number of amides is 1. The second kappa shape index (κ2) is 5.45. The van der Waals surface area contributed by atoms with Crippen molar-refractivity contribution in [1.29, 1.82) is 0 Å². The van der Waals surface area contributed by atoms with Crippen LogP contribution in [0.2, 0.25) is 0 Å². The van der Waals surface area contributed by atoms with Gasteiger partial charge in [-0.25, -0.2) is 0 Å². The molecule has 106 valence electrons. The number of halogens is 1. The highest BCUT2D eigenvalue weighted by atomic mass is 79.9. The van der Waals surface area contributed by atoms with E-state index in [0.717, 1.165) is 22.0 Å². The lowest BCUT2D eigenvalue weighted by Crippen LogP contribution is -2.32. The van der Waals surface area contributed by atoms with Crippen LogP contribution in [0.1, 0.15) is 37.4 Å². The topological polar surface area (TPSA) is 46.2 Å². The van der Waals surface area contributed by atoms with E-state index in [-0.39, 0.29) is 11.7 Å². The minimum absolute atomic E-state index is 0.0723. The fraction of sp³-hybridized carbons (Fsp3) is 0.176. The number of aryl methyl sites for hydroxylation is 1. The molecule has 21 heavy (non-hydrogen) atoms. The van der Waals surface area contributed by atoms with E-state index in [1.54, 1.807) is 12.1 Å². The molecule has 1 heterocycles. The second-order valence-corrected chi connectivity index (χ2v) is 6.03. The van der Waals surface area contributed by atoms with Crippen LogP contribution in [0.5, 0.6) is 0 Å². The summed E-state index contributed by atoms with van der Waals surface area (Å²) < 4.78 is 0.907. The summed E-state index contributed by atoms with van der Waals surface area (Å²) in [5.74, 6) is -0.173. The molecule has 0 bridgehead atoms. The zero-order valence-corrected chi connectivity index (χ0v) is 13.2. The number of carbonyl (C=O) groups excluding carboxylic acids is 2. The Morgan fingerprint density at radius 1 is 1.14 bits per heavy atom. The van der Waals surface area contributed by atoms with E-state index in [9.17, 15) is 9.59 Å². The maximum Gasteiger partial charge on any atom is 0.251 e. The Kier molecular flexibility index (Phi) is 3.64. The standard InChI is InChI=1S/C17H14BrNO2/c1-10-2-3-13(9-15(10)18)16(20)12-5-4-11-6-7-19-17(21)14(11)8-12/h2-5,8-9H,6-7H2,1H3,(H,19,21). The SMILES string of the molecule is Cc1ccc(C(=O)c2ccc3c(c2)C(=O)NCC3)cc1Br. The van der Waals surface area contributed by atoms with Crippen LogP contribution in [-0.4, -0.2) is 18.2 Å². The average Bonchev–Trinajstić information content (AvgIpc) is 2.49. The first kappa shape index (κ1) is 14.0. The molecule has 0 fully saturated rings. The summed E-state index contributed by atoms with van der Waals surface area (Å²) in [6, 6.07) is 10.9. The Balaban J connectivity index is 2.00. The molecule has 0 saturated carbocycles. The molecule has 0 aromatic heterocycles. The third kappa shape index (κ3) is 2.63. The zero-order valence-electron chi connectivity index (χ0n) is 11.6. The molecule has 1 aliphatic rings. The molecular weight excluding hydrogens is 330 g/mol. The first-order chi connectivity index (χ1) is 10.1. The molecule has 2 aromatic carbocycles. The predicted molar refractivity (Wildman–Crippen MR) is 84.8 cm³/mol. The summed E-state index contributed by atoms with van der Waals surface area (Å²) in [4.78, 5) is 24.4. The van der Waals surface area contributed by atoms with Crippen molar-refractivity contribution in [2.45, 2.75) is 13.3 Å². The van der Waals surface area contributed by atoms with Gasteiger partial charge in [0.2, 0.25) is 0 Å². The van der Waals surface area contributed by atoms with Gasteiger partial charge in [-0.2, -0.15) is 0 Å². The number of ketones is 1. The van der Waals surface area contributed by atoms with Gasteiger partial charge >= 0.3 is 0 Å². The summed E-state index contributed by atoms with van der Waals surface area (Å²) in [6.07, 6.45) is 0.811. The van der Waals surface area contributed by atoms with Crippen LogP contribution < -0.4 is 5.32 Å². The number of fused-ring (bicyclic) bond motifs is 1. The van der Waals surface area contributed by atoms with Gasteiger partial charge in [0.05, 0.1) is 0 Å². The first-order valence-corrected chi connectivity index (χ1v) is 7.57. The Hall–Kier alpha value is -1.94. The molecular formula is C17H14BrNO2. The van der Waals surface area contributed by atoms with E-state index >= 15 is 0 Å². The van der Waals surface area contributed by atoms with Gasteiger partial charge in [-0.3, -0.25) is 9.59 Å². The van der Waals surface area contributed by atoms with Crippen LogP contribution in [0.25, 0.3) is 0 Å². The van der Waals surface area contributed by atoms with Crippen LogP contribution >= 0.6 is 15.9 Å². The van der Waals surface area contributed by atoms with Gasteiger partial charge in [0.15, 0.2) is 5.78 Å². The van der Waals surface area contributed by atoms with Gasteiger partial charge in [0, 0.05) is 27.7 Å². The minimum Gasteiger partial charge on any atom is -0.352 e. The van der Waals surface area contributed by atoms with E-state index < -0.39 is 0 Å². The molecule has 0 unspecified atom stereocenters. The minimum atomic E-state index is -0.101. The van der Waals surface area contributed by atoms with E-state index in [0.29, 0.717) is 23.2 Å². The van der Waals surface area contributed by atoms with E-state index in [2.05, 4.69) is 21.2 Å². The summed E-state index contributed by atoms with van der Waals surface area (Å²) in [5.41, 5.74) is 3.85. The Bertz CT molecular complexity index is 752. The smallest absolute Gasteiger partial charge is 0.251 e. The number of benzene rings is 2. The van der Waals surface area contributed by atoms with Crippen LogP contribution in [0.15, 0.2) is 40.9 Å². The Morgan fingerprint density at radius 2 is 1.86 bits per heavy atom. The predicted octanol–water partition coefficient (Wildman–Crippen LogP) is 3.27. The summed E-state index contributed by atoms with van der Waals surface area (Å²) in [6.45, 7) is 2.63. The van der Waals surface area contributed by atoms with Gasteiger partial charge in [-0.05, 0) is 36.6 Å². The molecule has 4 heteroatoms. The van der Waals surface area contributed by atoms with Crippen molar-refractivity contribution in [1.82, 2.24) is 5.32 Å². The fourth-order valence-corrected chi connectivity index (χ4v) is 2.83. The Morgan fingerprint density at radius 3 is 2.62 bits per heavy atom. The highest BCUT2D eigenvalue weighted by Gasteiger charge is 2.19. The lowest BCUT2D eigenvalue weighted by Gasteiger charge is -2.17. The third-order valence-electron chi connectivity index (χ3n) is 3.73.